The van der Waals surface area contributed by atoms with Gasteiger partial charge in [-0.05, 0) is 19.4 Å². The minimum absolute atomic E-state index is 0.268. The number of aryl methyl sites for hydroxylation is 2. The van der Waals surface area contributed by atoms with Crippen molar-refractivity contribution in [3.63, 3.8) is 0 Å². The SMILES string of the molecule is CCc1cc(C)nc(NC(N)=O)n1. The summed E-state index contributed by atoms with van der Waals surface area (Å²) in [7, 11) is 0. The molecule has 0 atom stereocenters. The minimum atomic E-state index is -0.646. The summed E-state index contributed by atoms with van der Waals surface area (Å²) in [5, 5.41) is 2.34. The first-order valence-corrected chi connectivity index (χ1v) is 4.03. The number of nitrogens with zero attached hydrogens (tertiary/aromatic N) is 2. The average Bonchev–Trinajstić information content (AvgIpc) is 2.01. The number of amides is 2. The standard InChI is InChI=1S/C8H12N4O/c1-3-6-4-5(2)10-8(11-6)12-7(9)13/h4H,3H2,1-2H3,(H3,9,10,11,12,13). The van der Waals surface area contributed by atoms with Crippen LogP contribution < -0.4 is 11.1 Å². The summed E-state index contributed by atoms with van der Waals surface area (Å²) in [6, 6.07) is 1.22. The quantitative estimate of drug-likeness (QED) is 0.707. The van der Waals surface area contributed by atoms with Gasteiger partial charge in [-0.3, -0.25) is 5.32 Å². The van der Waals surface area contributed by atoms with E-state index in [0.717, 1.165) is 17.8 Å². The number of rotatable bonds is 2. The zero-order chi connectivity index (χ0) is 9.84. The molecule has 1 aromatic rings. The molecule has 3 N–H and O–H groups in total. The van der Waals surface area contributed by atoms with Gasteiger partial charge in [-0.1, -0.05) is 6.92 Å². The Morgan fingerprint density at radius 1 is 1.62 bits per heavy atom. The fourth-order valence-corrected chi connectivity index (χ4v) is 0.981. The molecule has 0 aliphatic heterocycles. The molecule has 0 fully saturated rings. The highest BCUT2D eigenvalue weighted by atomic mass is 16.2. The first-order chi connectivity index (χ1) is 6.11. The first kappa shape index (κ1) is 9.44. The van der Waals surface area contributed by atoms with E-state index in [0.29, 0.717) is 0 Å². The van der Waals surface area contributed by atoms with Crippen LogP contribution in [0.1, 0.15) is 18.3 Å². The third-order valence-electron chi connectivity index (χ3n) is 1.50. The fraction of sp³-hybridized carbons (Fsp3) is 0.375. The number of hydrogen-bond acceptors (Lipinski definition) is 3. The van der Waals surface area contributed by atoms with Crippen LogP contribution in [0.5, 0.6) is 0 Å². The van der Waals surface area contributed by atoms with E-state index < -0.39 is 6.03 Å². The lowest BCUT2D eigenvalue weighted by molar-refractivity contribution is 0.259. The summed E-state index contributed by atoms with van der Waals surface area (Å²) in [6.45, 7) is 3.82. The number of aromatic nitrogens is 2. The maximum atomic E-state index is 10.5. The number of nitrogens with two attached hydrogens (primary N) is 1. The predicted octanol–water partition coefficient (Wildman–Crippen LogP) is 0.838. The van der Waals surface area contributed by atoms with Gasteiger partial charge in [0.15, 0.2) is 0 Å². The van der Waals surface area contributed by atoms with Crippen molar-refractivity contribution in [1.82, 2.24) is 9.97 Å². The van der Waals surface area contributed by atoms with E-state index in [4.69, 9.17) is 5.73 Å². The van der Waals surface area contributed by atoms with Crippen LogP contribution in [-0.2, 0) is 6.42 Å². The van der Waals surface area contributed by atoms with Gasteiger partial charge in [0.25, 0.3) is 0 Å². The van der Waals surface area contributed by atoms with E-state index in [-0.39, 0.29) is 5.95 Å². The highest BCUT2D eigenvalue weighted by Gasteiger charge is 2.01. The number of nitrogens with one attached hydrogen (secondary N) is 1. The van der Waals surface area contributed by atoms with Gasteiger partial charge in [-0.15, -0.1) is 0 Å². The van der Waals surface area contributed by atoms with Gasteiger partial charge in [-0.2, -0.15) is 0 Å². The van der Waals surface area contributed by atoms with Crippen LogP contribution in [0, 0.1) is 6.92 Å². The Hall–Kier alpha value is -1.65. The molecule has 0 aromatic carbocycles. The van der Waals surface area contributed by atoms with Crippen molar-refractivity contribution in [3.05, 3.63) is 17.5 Å². The molecule has 0 saturated heterocycles. The number of urea groups is 1. The van der Waals surface area contributed by atoms with Crippen LogP contribution >= 0.6 is 0 Å². The molecule has 2 amide bonds. The average molecular weight is 180 g/mol. The molecule has 0 radical (unpaired) electrons. The van der Waals surface area contributed by atoms with Crippen LogP contribution in [0.25, 0.3) is 0 Å². The van der Waals surface area contributed by atoms with Crippen molar-refractivity contribution < 1.29 is 4.79 Å². The third-order valence-corrected chi connectivity index (χ3v) is 1.50. The summed E-state index contributed by atoms with van der Waals surface area (Å²) in [5.74, 6) is 0.268. The Morgan fingerprint density at radius 2 is 2.31 bits per heavy atom. The zero-order valence-electron chi connectivity index (χ0n) is 7.66. The van der Waals surface area contributed by atoms with Crippen molar-refractivity contribution in [2.24, 2.45) is 5.73 Å². The second-order valence-corrected chi connectivity index (χ2v) is 2.67. The number of hydrogen-bond donors (Lipinski definition) is 2. The Balaban J connectivity index is 2.94. The molecule has 13 heavy (non-hydrogen) atoms. The summed E-state index contributed by atoms with van der Waals surface area (Å²) in [4.78, 5) is 18.6. The Labute approximate surface area is 76.4 Å². The van der Waals surface area contributed by atoms with Gasteiger partial charge in [0, 0.05) is 11.4 Å². The topological polar surface area (TPSA) is 80.9 Å². The number of carbonyl (C=O) groups excluding carboxylic acids is 1. The smallest absolute Gasteiger partial charge is 0.319 e. The van der Waals surface area contributed by atoms with Gasteiger partial charge < -0.3 is 5.73 Å². The van der Waals surface area contributed by atoms with Crippen molar-refractivity contribution in [2.45, 2.75) is 20.3 Å². The summed E-state index contributed by atoms with van der Waals surface area (Å²) in [5.41, 5.74) is 6.64. The Kier molecular flexibility index (Phi) is 2.79. The van der Waals surface area contributed by atoms with Gasteiger partial charge >= 0.3 is 6.03 Å². The number of anilines is 1. The Bertz CT molecular complexity index is 324. The molecule has 1 aromatic heterocycles. The first-order valence-electron chi connectivity index (χ1n) is 4.03. The normalized spacial score (nSPS) is 9.69. The van der Waals surface area contributed by atoms with Crippen LogP contribution in [0.15, 0.2) is 6.07 Å². The maximum Gasteiger partial charge on any atom is 0.319 e. The van der Waals surface area contributed by atoms with Crippen molar-refractivity contribution in [2.75, 3.05) is 5.32 Å². The van der Waals surface area contributed by atoms with Gasteiger partial charge in [0.1, 0.15) is 0 Å². The third kappa shape index (κ3) is 2.70. The van der Waals surface area contributed by atoms with Gasteiger partial charge in [0.05, 0.1) is 0 Å². The van der Waals surface area contributed by atoms with Gasteiger partial charge in [0.2, 0.25) is 5.95 Å². The second kappa shape index (κ2) is 3.84. The molecule has 5 heteroatoms. The molecule has 0 spiro atoms. The summed E-state index contributed by atoms with van der Waals surface area (Å²) in [6.07, 6.45) is 0.802. The van der Waals surface area contributed by atoms with Crippen LogP contribution in [0.3, 0.4) is 0 Å². The largest absolute Gasteiger partial charge is 0.351 e. The number of carbonyl (C=O) groups is 1. The molecule has 0 bridgehead atoms. The molecule has 1 rings (SSSR count). The molecular formula is C8H12N4O. The van der Waals surface area contributed by atoms with E-state index >= 15 is 0 Å². The molecule has 0 saturated carbocycles. The lowest BCUT2D eigenvalue weighted by Gasteiger charge is -2.03. The number of primary amides is 1. The fourth-order valence-electron chi connectivity index (χ4n) is 0.981. The van der Waals surface area contributed by atoms with E-state index in [9.17, 15) is 4.79 Å². The summed E-state index contributed by atoms with van der Waals surface area (Å²) < 4.78 is 0. The lowest BCUT2D eigenvalue weighted by Crippen LogP contribution is -2.21. The molecule has 1 heterocycles. The van der Waals surface area contributed by atoms with Crippen molar-refractivity contribution in [3.8, 4) is 0 Å². The molecular weight excluding hydrogens is 168 g/mol. The van der Waals surface area contributed by atoms with E-state index in [1.54, 1.807) is 0 Å². The van der Waals surface area contributed by atoms with E-state index in [1.165, 1.54) is 0 Å². The predicted molar refractivity (Wildman–Crippen MR) is 49.4 cm³/mol. The minimum Gasteiger partial charge on any atom is -0.351 e. The summed E-state index contributed by atoms with van der Waals surface area (Å²) >= 11 is 0. The second-order valence-electron chi connectivity index (χ2n) is 2.67. The zero-order valence-corrected chi connectivity index (χ0v) is 7.66. The maximum absolute atomic E-state index is 10.5. The molecule has 0 aliphatic rings. The molecule has 0 aliphatic carbocycles. The highest BCUT2D eigenvalue weighted by Crippen LogP contribution is 2.04. The van der Waals surface area contributed by atoms with Crippen molar-refractivity contribution >= 4 is 12.0 Å². The Morgan fingerprint density at radius 3 is 2.85 bits per heavy atom. The van der Waals surface area contributed by atoms with Gasteiger partial charge in [-0.25, -0.2) is 14.8 Å². The van der Waals surface area contributed by atoms with Crippen LogP contribution in [0.2, 0.25) is 0 Å². The van der Waals surface area contributed by atoms with E-state index in [2.05, 4.69) is 15.3 Å². The van der Waals surface area contributed by atoms with Crippen molar-refractivity contribution in [1.29, 1.82) is 0 Å². The van der Waals surface area contributed by atoms with Crippen LogP contribution in [-0.4, -0.2) is 16.0 Å². The molecule has 70 valence electrons. The monoisotopic (exact) mass is 180 g/mol. The van der Waals surface area contributed by atoms with Crippen LogP contribution in [0.4, 0.5) is 10.7 Å². The lowest BCUT2D eigenvalue weighted by atomic mass is 10.3. The molecule has 5 nitrogen and oxygen atoms in total. The molecule has 0 unspecified atom stereocenters. The van der Waals surface area contributed by atoms with E-state index in [1.807, 2.05) is 19.9 Å². The highest BCUT2D eigenvalue weighted by molar-refractivity contribution is 5.85.